The minimum Gasteiger partial charge on any atom is -0.122 e. The molecule has 1 rings (SSSR count). The van der Waals surface area contributed by atoms with Crippen LogP contribution in [0.5, 0.6) is 0 Å². The third-order valence-corrected chi connectivity index (χ3v) is 2.42. The van der Waals surface area contributed by atoms with Crippen molar-refractivity contribution in [2.45, 2.75) is 20.3 Å². The number of aryl methyl sites for hydroxylation is 1. The van der Waals surface area contributed by atoms with Crippen LogP contribution in [0.1, 0.15) is 24.5 Å². The Labute approximate surface area is 85.2 Å². The van der Waals surface area contributed by atoms with E-state index in [1.54, 1.807) is 0 Å². The Kier molecular flexibility index (Phi) is 4.04. The molecule has 0 saturated carbocycles. The molecule has 0 heterocycles. The van der Waals surface area contributed by atoms with Gasteiger partial charge in [-0.3, -0.25) is 0 Å². The van der Waals surface area contributed by atoms with Gasteiger partial charge in [-0.05, 0) is 18.9 Å². The molecule has 0 aliphatic rings. The zero-order chi connectivity index (χ0) is 9.68. The van der Waals surface area contributed by atoms with E-state index in [-0.39, 0.29) is 0 Å². The van der Waals surface area contributed by atoms with Gasteiger partial charge in [0.15, 0.2) is 0 Å². The lowest BCUT2D eigenvalue weighted by atomic mass is 10.1. The van der Waals surface area contributed by atoms with Gasteiger partial charge in [0.2, 0.25) is 0 Å². The number of benzene rings is 1. The lowest BCUT2D eigenvalue weighted by Crippen LogP contribution is -1.82. The number of alkyl halides is 1. The van der Waals surface area contributed by atoms with Crippen molar-refractivity contribution < 1.29 is 0 Å². The van der Waals surface area contributed by atoms with Gasteiger partial charge in [0.25, 0.3) is 0 Å². The highest BCUT2D eigenvalue weighted by molar-refractivity contribution is 6.19. The second kappa shape index (κ2) is 5.08. The zero-order valence-electron chi connectivity index (χ0n) is 8.18. The Balaban J connectivity index is 2.84. The van der Waals surface area contributed by atoms with E-state index in [1.165, 1.54) is 16.7 Å². The zero-order valence-corrected chi connectivity index (χ0v) is 8.93. The third kappa shape index (κ3) is 3.23. The molecule has 0 radical (unpaired) electrons. The van der Waals surface area contributed by atoms with Crippen LogP contribution in [-0.4, -0.2) is 5.88 Å². The minimum atomic E-state index is 0.629. The van der Waals surface area contributed by atoms with Crippen LogP contribution in [0.3, 0.4) is 0 Å². The molecule has 13 heavy (non-hydrogen) atoms. The first-order chi connectivity index (χ1) is 6.26. The van der Waals surface area contributed by atoms with E-state index in [1.807, 2.05) is 0 Å². The molecule has 1 aromatic carbocycles. The first kappa shape index (κ1) is 10.3. The first-order valence-electron chi connectivity index (χ1n) is 4.58. The predicted octanol–water partition coefficient (Wildman–Crippen LogP) is 4.03. The highest BCUT2D eigenvalue weighted by atomic mass is 35.5. The van der Waals surface area contributed by atoms with E-state index in [9.17, 15) is 0 Å². The Hall–Kier alpha value is -0.750. The summed E-state index contributed by atoms with van der Waals surface area (Å²) in [4.78, 5) is 0. The van der Waals surface area contributed by atoms with Crippen LogP contribution >= 0.6 is 11.6 Å². The normalized spacial score (nSPS) is 11.8. The Morgan fingerprint density at radius 3 is 2.38 bits per heavy atom. The van der Waals surface area contributed by atoms with Gasteiger partial charge >= 0.3 is 0 Å². The molecule has 0 bridgehead atoms. The van der Waals surface area contributed by atoms with Crippen molar-refractivity contribution in [2.75, 3.05) is 5.88 Å². The van der Waals surface area contributed by atoms with Gasteiger partial charge < -0.3 is 0 Å². The second-order valence-corrected chi connectivity index (χ2v) is 3.47. The molecule has 1 heteroatoms. The monoisotopic (exact) mass is 194 g/mol. The summed E-state index contributed by atoms with van der Waals surface area (Å²) >= 11 is 5.78. The van der Waals surface area contributed by atoms with Crippen LogP contribution in [0.2, 0.25) is 0 Å². The lowest BCUT2D eigenvalue weighted by Gasteiger charge is -1.99. The van der Waals surface area contributed by atoms with Gasteiger partial charge in [-0.1, -0.05) is 48.4 Å². The summed E-state index contributed by atoms with van der Waals surface area (Å²) in [6, 6.07) is 8.48. The average Bonchev–Trinajstić information content (AvgIpc) is 2.17. The predicted molar refractivity (Wildman–Crippen MR) is 60.2 cm³/mol. The van der Waals surface area contributed by atoms with Gasteiger partial charge in [-0.15, -0.1) is 11.6 Å². The highest BCUT2D eigenvalue weighted by Crippen LogP contribution is 2.11. The van der Waals surface area contributed by atoms with Crippen molar-refractivity contribution in [3.63, 3.8) is 0 Å². The van der Waals surface area contributed by atoms with Gasteiger partial charge in [-0.25, -0.2) is 0 Å². The molecule has 0 aliphatic carbocycles. The Morgan fingerprint density at radius 2 is 1.92 bits per heavy atom. The van der Waals surface area contributed by atoms with E-state index in [2.05, 4.69) is 44.2 Å². The Bertz CT molecular complexity index is 276. The molecule has 0 aromatic heterocycles. The van der Waals surface area contributed by atoms with Crippen LogP contribution in [0, 0.1) is 6.92 Å². The minimum absolute atomic E-state index is 0.629. The molecular weight excluding hydrogens is 180 g/mol. The molecule has 0 spiro atoms. The van der Waals surface area contributed by atoms with Crippen LogP contribution in [0.15, 0.2) is 29.8 Å². The molecule has 0 N–H and O–H groups in total. The molecule has 70 valence electrons. The first-order valence-corrected chi connectivity index (χ1v) is 5.11. The molecule has 0 nitrogen and oxygen atoms in total. The number of hydrogen-bond acceptors (Lipinski definition) is 0. The van der Waals surface area contributed by atoms with Crippen LogP contribution < -0.4 is 0 Å². The van der Waals surface area contributed by atoms with Crippen molar-refractivity contribution >= 4 is 17.7 Å². The maximum atomic E-state index is 5.78. The molecule has 0 fully saturated rings. The summed E-state index contributed by atoms with van der Waals surface area (Å²) in [5.41, 5.74) is 3.81. The molecule has 1 aromatic rings. The number of rotatable bonds is 3. The van der Waals surface area contributed by atoms with E-state index in [0.717, 1.165) is 6.42 Å². The summed E-state index contributed by atoms with van der Waals surface area (Å²) in [6.07, 6.45) is 3.18. The van der Waals surface area contributed by atoms with E-state index < -0.39 is 0 Å². The molecule has 0 saturated heterocycles. The SMILES string of the molecule is CC/C(=C/c1ccc(C)cc1)CCl. The van der Waals surface area contributed by atoms with Gasteiger partial charge in [0, 0.05) is 5.88 Å². The van der Waals surface area contributed by atoms with Crippen molar-refractivity contribution in [1.82, 2.24) is 0 Å². The maximum Gasteiger partial charge on any atom is 0.0436 e. The van der Waals surface area contributed by atoms with Crippen molar-refractivity contribution in [3.05, 3.63) is 41.0 Å². The van der Waals surface area contributed by atoms with Crippen molar-refractivity contribution in [2.24, 2.45) is 0 Å². The van der Waals surface area contributed by atoms with Crippen LogP contribution in [0.4, 0.5) is 0 Å². The molecule has 0 amide bonds. The number of halogens is 1. The van der Waals surface area contributed by atoms with Gasteiger partial charge in [0.1, 0.15) is 0 Å². The molecular formula is C12H15Cl. The molecule has 0 unspecified atom stereocenters. The topological polar surface area (TPSA) is 0 Å². The molecule has 0 atom stereocenters. The second-order valence-electron chi connectivity index (χ2n) is 3.20. The van der Waals surface area contributed by atoms with Crippen molar-refractivity contribution in [1.29, 1.82) is 0 Å². The molecule has 0 aliphatic heterocycles. The summed E-state index contributed by atoms with van der Waals surface area (Å²) in [6.45, 7) is 4.22. The summed E-state index contributed by atoms with van der Waals surface area (Å²) in [7, 11) is 0. The quantitative estimate of drug-likeness (QED) is 0.638. The smallest absolute Gasteiger partial charge is 0.0436 e. The van der Waals surface area contributed by atoms with Crippen LogP contribution in [0.25, 0.3) is 6.08 Å². The number of hydrogen-bond donors (Lipinski definition) is 0. The van der Waals surface area contributed by atoms with Crippen LogP contribution in [-0.2, 0) is 0 Å². The van der Waals surface area contributed by atoms with Gasteiger partial charge in [0.05, 0.1) is 0 Å². The lowest BCUT2D eigenvalue weighted by molar-refractivity contribution is 1.12. The number of allylic oxidation sites excluding steroid dienone is 1. The van der Waals surface area contributed by atoms with Crippen molar-refractivity contribution in [3.8, 4) is 0 Å². The standard InChI is InChI=1S/C12H15Cl/c1-3-11(9-13)8-12-6-4-10(2)5-7-12/h4-8H,3,9H2,1-2H3/b11-8-. The fourth-order valence-corrected chi connectivity index (χ4v) is 1.40. The summed E-state index contributed by atoms with van der Waals surface area (Å²) in [5, 5.41) is 0. The highest BCUT2D eigenvalue weighted by Gasteiger charge is 1.92. The average molecular weight is 195 g/mol. The Morgan fingerprint density at radius 1 is 1.31 bits per heavy atom. The summed E-state index contributed by atoms with van der Waals surface area (Å²) in [5.74, 6) is 0.629. The van der Waals surface area contributed by atoms with E-state index in [4.69, 9.17) is 11.6 Å². The third-order valence-electron chi connectivity index (χ3n) is 2.07. The largest absolute Gasteiger partial charge is 0.122 e. The van der Waals surface area contributed by atoms with E-state index >= 15 is 0 Å². The maximum absolute atomic E-state index is 5.78. The summed E-state index contributed by atoms with van der Waals surface area (Å²) < 4.78 is 0. The van der Waals surface area contributed by atoms with E-state index in [0.29, 0.717) is 5.88 Å². The fraction of sp³-hybridized carbons (Fsp3) is 0.333. The fourth-order valence-electron chi connectivity index (χ4n) is 1.13. The van der Waals surface area contributed by atoms with Gasteiger partial charge in [-0.2, -0.15) is 0 Å².